The Kier molecular flexibility index (Phi) is 5.93. The zero-order valence-corrected chi connectivity index (χ0v) is 18.7. The van der Waals surface area contributed by atoms with Crippen LogP contribution in [0.4, 0.5) is 15.8 Å². The molecule has 34 heavy (non-hydrogen) atoms. The molecule has 172 valence electrons. The van der Waals surface area contributed by atoms with Crippen molar-refractivity contribution in [3.63, 3.8) is 0 Å². The maximum Gasteiger partial charge on any atom is 0.335 e. The number of nitrogens with zero attached hydrogens (tertiary/aromatic N) is 4. The number of aromatic hydroxyl groups is 1. The number of carbonyl (C=O) groups is 2. The monoisotopic (exact) mass is 460 g/mol. The number of para-hydroxylation sites is 1. The van der Waals surface area contributed by atoms with Crippen molar-refractivity contribution in [3.8, 4) is 16.9 Å². The molecular weight excluding hydrogens is 439 g/mol. The third kappa shape index (κ3) is 4.15. The average Bonchev–Trinajstić information content (AvgIpc) is 3.08. The zero-order chi connectivity index (χ0) is 24.6. The van der Waals surface area contributed by atoms with E-state index < -0.39 is 23.6 Å². The first-order valence-corrected chi connectivity index (χ1v) is 10.4. The molecule has 1 amide bonds. The second-order valence-corrected chi connectivity index (χ2v) is 7.95. The van der Waals surface area contributed by atoms with E-state index in [2.05, 4.69) is 15.3 Å². The number of aryl methyl sites for hydroxylation is 2. The average molecular weight is 460 g/mol. The molecule has 0 aliphatic carbocycles. The van der Waals surface area contributed by atoms with Gasteiger partial charge in [-0.2, -0.15) is 20.3 Å². The van der Waals surface area contributed by atoms with E-state index >= 15 is 0 Å². The van der Waals surface area contributed by atoms with Gasteiger partial charge in [-0.25, -0.2) is 9.18 Å². The van der Waals surface area contributed by atoms with Crippen LogP contribution in [0.25, 0.3) is 11.1 Å². The highest BCUT2D eigenvalue weighted by Crippen LogP contribution is 2.39. The van der Waals surface area contributed by atoms with Crippen molar-refractivity contribution in [2.45, 2.75) is 26.8 Å². The molecule has 1 aliphatic heterocycles. The highest BCUT2D eigenvalue weighted by molar-refractivity contribution is 6.18. The molecule has 4 rings (SSSR count). The fraction of sp³-hybridized carbons (Fsp3) is 0.160. The molecule has 1 atom stereocenters. The van der Waals surface area contributed by atoms with Crippen LogP contribution in [0.2, 0.25) is 0 Å². The van der Waals surface area contributed by atoms with E-state index in [9.17, 15) is 24.2 Å². The Morgan fingerprint density at radius 3 is 2.50 bits per heavy atom. The number of carboxylic acid groups (broad SMARTS) is 1. The van der Waals surface area contributed by atoms with Crippen molar-refractivity contribution >= 4 is 29.0 Å². The molecule has 1 aliphatic rings. The molecule has 0 radical (unpaired) electrons. The highest BCUT2D eigenvalue weighted by Gasteiger charge is 2.35. The lowest BCUT2D eigenvalue weighted by molar-refractivity contribution is -0.117. The van der Waals surface area contributed by atoms with Crippen molar-refractivity contribution < 1.29 is 24.2 Å². The predicted octanol–water partition coefficient (Wildman–Crippen LogP) is 5.39. The molecular formula is C25H21FN4O4. The van der Waals surface area contributed by atoms with Gasteiger partial charge in [0.15, 0.2) is 11.8 Å². The molecule has 3 aromatic carbocycles. The number of carbonyl (C=O) groups excluding carboxylic acids is 1. The van der Waals surface area contributed by atoms with Crippen LogP contribution in [-0.2, 0) is 4.79 Å². The van der Waals surface area contributed by atoms with Crippen molar-refractivity contribution in [2.24, 2.45) is 15.3 Å². The maximum absolute atomic E-state index is 14.4. The number of hydrogen-bond acceptors (Lipinski definition) is 6. The van der Waals surface area contributed by atoms with Gasteiger partial charge in [-0.1, -0.05) is 18.2 Å². The van der Waals surface area contributed by atoms with E-state index in [1.54, 1.807) is 13.0 Å². The summed E-state index contributed by atoms with van der Waals surface area (Å²) in [6.07, 6.45) is 0. The fourth-order valence-corrected chi connectivity index (χ4v) is 3.55. The molecule has 3 aromatic rings. The third-order valence-electron chi connectivity index (χ3n) is 5.63. The molecule has 0 fully saturated rings. The molecule has 9 heteroatoms. The van der Waals surface area contributed by atoms with Gasteiger partial charge in [-0.15, -0.1) is 0 Å². The van der Waals surface area contributed by atoms with Crippen molar-refractivity contribution in [3.05, 3.63) is 77.1 Å². The van der Waals surface area contributed by atoms with Crippen LogP contribution in [0.15, 0.2) is 69.9 Å². The number of halogens is 1. The first-order chi connectivity index (χ1) is 16.2. The Morgan fingerprint density at radius 2 is 1.79 bits per heavy atom. The molecule has 0 bridgehead atoms. The van der Waals surface area contributed by atoms with Crippen LogP contribution in [0.5, 0.6) is 5.75 Å². The van der Waals surface area contributed by atoms with Gasteiger partial charge in [0.1, 0.15) is 11.5 Å². The number of carboxylic acids is 1. The second kappa shape index (κ2) is 8.86. The summed E-state index contributed by atoms with van der Waals surface area (Å²) in [7, 11) is 0. The van der Waals surface area contributed by atoms with E-state index in [-0.39, 0.29) is 28.3 Å². The second-order valence-electron chi connectivity index (χ2n) is 7.95. The van der Waals surface area contributed by atoms with Crippen molar-refractivity contribution in [2.75, 3.05) is 5.01 Å². The van der Waals surface area contributed by atoms with E-state index in [4.69, 9.17) is 0 Å². The summed E-state index contributed by atoms with van der Waals surface area (Å²) in [4.78, 5) is 24.2. The SMILES string of the molecule is CC1=NN(c2ccc(C)c(C)c2)C(=O)C1N=Nc1cccc(-c2cc(C(=O)O)ccc2F)c1O. The lowest BCUT2D eigenvalue weighted by Crippen LogP contribution is -2.29. The molecule has 0 saturated carbocycles. The summed E-state index contributed by atoms with van der Waals surface area (Å²) in [5, 5.41) is 33.6. The van der Waals surface area contributed by atoms with Crippen molar-refractivity contribution in [1.29, 1.82) is 0 Å². The van der Waals surface area contributed by atoms with Gasteiger partial charge < -0.3 is 10.2 Å². The van der Waals surface area contributed by atoms with Crippen molar-refractivity contribution in [1.82, 2.24) is 0 Å². The number of phenolic OH excluding ortho intramolecular Hbond substituents is 1. The zero-order valence-electron chi connectivity index (χ0n) is 18.7. The van der Waals surface area contributed by atoms with Gasteiger partial charge in [-0.3, -0.25) is 4.79 Å². The normalized spacial score (nSPS) is 15.8. The van der Waals surface area contributed by atoms with Crippen LogP contribution >= 0.6 is 0 Å². The Balaban J connectivity index is 1.63. The van der Waals surface area contributed by atoms with Crippen LogP contribution in [-0.4, -0.2) is 33.8 Å². The number of benzene rings is 3. The summed E-state index contributed by atoms with van der Waals surface area (Å²) in [5.74, 6) is -2.70. The molecule has 0 saturated heterocycles. The third-order valence-corrected chi connectivity index (χ3v) is 5.63. The summed E-state index contributed by atoms with van der Waals surface area (Å²) in [5.41, 5.74) is 2.99. The number of amides is 1. The Labute approximate surface area is 194 Å². The number of hydrogen-bond donors (Lipinski definition) is 2. The summed E-state index contributed by atoms with van der Waals surface area (Å²) >= 11 is 0. The first kappa shape index (κ1) is 22.8. The fourth-order valence-electron chi connectivity index (χ4n) is 3.55. The minimum absolute atomic E-state index is 0.00265. The highest BCUT2D eigenvalue weighted by atomic mass is 19.1. The van der Waals surface area contributed by atoms with E-state index in [0.717, 1.165) is 29.3 Å². The lowest BCUT2D eigenvalue weighted by Gasteiger charge is -2.14. The largest absolute Gasteiger partial charge is 0.505 e. The maximum atomic E-state index is 14.4. The molecule has 2 N–H and O–H groups in total. The number of rotatable bonds is 5. The van der Waals surface area contributed by atoms with Crippen LogP contribution < -0.4 is 5.01 Å². The van der Waals surface area contributed by atoms with Crippen LogP contribution in [0.1, 0.15) is 28.4 Å². The van der Waals surface area contributed by atoms with Crippen LogP contribution in [0, 0.1) is 19.7 Å². The minimum atomic E-state index is -1.22. The number of phenols is 1. The molecule has 8 nitrogen and oxygen atoms in total. The summed E-state index contributed by atoms with van der Waals surface area (Å²) in [6, 6.07) is 12.3. The quantitative estimate of drug-likeness (QED) is 0.497. The number of azo groups is 1. The molecule has 1 heterocycles. The molecule has 0 aromatic heterocycles. The van der Waals surface area contributed by atoms with Gasteiger partial charge in [0.25, 0.3) is 5.91 Å². The number of hydrazone groups is 1. The van der Waals surface area contributed by atoms with Gasteiger partial charge in [0.2, 0.25) is 0 Å². The first-order valence-electron chi connectivity index (χ1n) is 10.4. The van der Waals surface area contributed by atoms with Gasteiger partial charge in [0, 0.05) is 11.1 Å². The Bertz CT molecular complexity index is 1380. The number of aromatic carboxylic acids is 1. The summed E-state index contributed by atoms with van der Waals surface area (Å²) in [6.45, 7) is 5.57. The van der Waals surface area contributed by atoms with Gasteiger partial charge >= 0.3 is 5.97 Å². The van der Waals surface area contributed by atoms with Gasteiger partial charge in [0.05, 0.1) is 17.0 Å². The van der Waals surface area contributed by atoms with E-state index in [1.807, 2.05) is 26.0 Å². The minimum Gasteiger partial charge on any atom is -0.505 e. The topological polar surface area (TPSA) is 115 Å². The summed E-state index contributed by atoms with van der Waals surface area (Å²) < 4.78 is 14.4. The predicted molar refractivity (Wildman–Crippen MR) is 125 cm³/mol. The standard InChI is InChI=1S/C25H21FN4O4/c1-13-7-9-17(11-14(13)2)30-24(32)22(15(3)29-30)28-27-21-6-4-5-18(23(21)31)19-12-16(25(33)34)8-10-20(19)26/h4-12,22,31H,1-3H3,(H,33,34). The van der Waals surface area contributed by atoms with E-state index in [0.29, 0.717) is 11.4 Å². The van der Waals surface area contributed by atoms with Gasteiger partial charge in [-0.05, 0) is 68.3 Å². The van der Waals surface area contributed by atoms with E-state index in [1.165, 1.54) is 23.2 Å². The lowest BCUT2D eigenvalue weighted by atomic mass is 10.0. The Hall–Kier alpha value is -4.40. The van der Waals surface area contributed by atoms with Crippen LogP contribution in [0.3, 0.4) is 0 Å². The molecule has 0 spiro atoms. The smallest absolute Gasteiger partial charge is 0.335 e. The molecule has 1 unspecified atom stereocenters. The number of anilines is 1. The Morgan fingerprint density at radius 1 is 1.03 bits per heavy atom.